The minimum absolute atomic E-state index is 0.0669. The number of imidazole rings is 1. The fraction of sp³-hybridized carbons (Fsp3) is 0.286. The van der Waals surface area contributed by atoms with Gasteiger partial charge in [0.15, 0.2) is 0 Å². The Balaban J connectivity index is 2.23. The van der Waals surface area contributed by atoms with Gasteiger partial charge in [0, 0.05) is 22.9 Å². The van der Waals surface area contributed by atoms with Crippen LogP contribution < -0.4 is 0 Å². The molecule has 2 aromatic carbocycles. The Kier molecular flexibility index (Phi) is 4.08. The first-order valence-corrected chi connectivity index (χ1v) is 8.24. The molecule has 0 N–H and O–H groups in total. The van der Waals surface area contributed by atoms with E-state index < -0.39 is 0 Å². The highest BCUT2D eigenvalue weighted by atomic mass is 15.1. The predicted octanol–water partition coefficient (Wildman–Crippen LogP) is 5.54. The van der Waals surface area contributed by atoms with E-state index in [2.05, 4.69) is 87.0 Å². The first kappa shape index (κ1) is 15.5. The van der Waals surface area contributed by atoms with Gasteiger partial charge in [0.2, 0.25) is 0 Å². The molecular weight excluding hydrogens is 280 g/mol. The SMILES string of the molecule is CCC(C)(C)c1cn(-c2ccccc2C)c(-c2ccccc2)n1. The third-order valence-electron chi connectivity index (χ3n) is 4.69. The molecule has 0 bridgehead atoms. The summed E-state index contributed by atoms with van der Waals surface area (Å²) < 4.78 is 2.23. The molecule has 0 aliphatic heterocycles. The van der Waals surface area contributed by atoms with Crippen LogP contribution in [-0.4, -0.2) is 9.55 Å². The Morgan fingerprint density at radius 2 is 1.61 bits per heavy atom. The van der Waals surface area contributed by atoms with Crippen LogP contribution in [0.2, 0.25) is 0 Å². The maximum Gasteiger partial charge on any atom is 0.144 e. The summed E-state index contributed by atoms with van der Waals surface area (Å²) in [4.78, 5) is 5.00. The number of rotatable bonds is 4. The highest BCUT2D eigenvalue weighted by molar-refractivity contribution is 5.60. The lowest BCUT2D eigenvalue weighted by Gasteiger charge is -2.19. The maximum atomic E-state index is 5.00. The van der Waals surface area contributed by atoms with Crippen LogP contribution in [0.25, 0.3) is 17.1 Å². The van der Waals surface area contributed by atoms with Crippen molar-refractivity contribution in [3.05, 3.63) is 72.1 Å². The average molecular weight is 304 g/mol. The van der Waals surface area contributed by atoms with Crippen LogP contribution in [0, 0.1) is 6.92 Å². The number of hydrogen-bond acceptors (Lipinski definition) is 1. The smallest absolute Gasteiger partial charge is 0.144 e. The Morgan fingerprint density at radius 1 is 0.957 bits per heavy atom. The molecule has 1 aromatic heterocycles. The van der Waals surface area contributed by atoms with Crippen LogP contribution in [0.3, 0.4) is 0 Å². The molecule has 2 nitrogen and oxygen atoms in total. The van der Waals surface area contributed by atoms with Gasteiger partial charge < -0.3 is 0 Å². The van der Waals surface area contributed by atoms with Gasteiger partial charge in [-0.25, -0.2) is 4.98 Å². The molecule has 2 heteroatoms. The predicted molar refractivity (Wildman–Crippen MR) is 97.1 cm³/mol. The van der Waals surface area contributed by atoms with Crippen molar-refractivity contribution in [2.45, 2.75) is 39.5 Å². The van der Waals surface area contributed by atoms with Gasteiger partial charge in [-0.3, -0.25) is 4.57 Å². The molecule has 0 saturated carbocycles. The van der Waals surface area contributed by atoms with Crippen molar-refractivity contribution in [2.24, 2.45) is 0 Å². The summed E-state index contributed by atoms with van der Waals surface area (Å²) in [7, 11) is 0. The molecule has 0 atom stereocenters. The van der Waals surface area contributed by atoms with Gasteiger partial charge in [0.25, 0.3) is 0 Å². The minimum atomic E-state index is 0.0669. The molecule has 1 heterocycles. The Hall–Kier alpha value is -2.35. The average Bonchev–Trinajstić information content (AvgIpc) is 3.02. The molecule has 0 fully saturated rings. The summed E-state index contributed by atoms with van der Waals surface area (Å²) in [5.41, 5.74) is 4.80. The molecule has 0 amide bonds. The van der Waals surface area contributed by atoms with Crippen molar-refractivity contribution >= 4 is 0 Å². The molecule has 0 saturated heterocycles. The highest BCUT2D eigenvalue weighted by Crippen LogP contribution is 2.31. The summed E-state index contributed by atoms with van der Waals surface area (Å²) in [5, 5.41) is 0. The summed E-state index contributed by atoms with van der Waals surface area (Å²) in [6.07, 6.45) is 3.26. The van der Waals surface area contributed by atoms with Crippen LogP contribution in [-0.2, 0) is 5.41 Å². The van der Waals surface area contributed by atoms with Crippen molar-refractivity contribution in [3.8, 4) is 17.1 Å². The largest absolute Gasteiger partial charge is 0.299 e. The van der Waals surface area contributed by atoms with E-state index in [9.17, 15) is 0 Å². The summed E-state index contributed by atoms with van der Waals surface area (Å²) in [6, 6.07) is 18.9. The monoisotopic (exact) mass is 304 g/mol. The lowest BCUT2D eigenvalue weighted by Crippen LogP contribution is -2.15. The second-order valence-electron chi connectivity index (χ2n) is 6.71. The van der Waals surface area contributed by atoms with E-state index in [-0.39, 0.29) is 5.41 Å². The van der Waals surface area contributed by atoms with Gasteiger partial charge in [0.05, 0.1) is 5.69 Å². The van der Waals surface area contributed by atoms with Gasteiger partial charge in [0.1, 0.15) is 5.82 Å². The van der Waals surface area contributed by atoms with Gasteiger partial charge in [-0.1, -0.05) is 69.3 Å². The topological polar surface area (TPSA) is 17.8 Å². The number of nitrogens with zero attached hydrogens (tertiary/aromatic N) is 2. The first-order valence-electron chi connectivity index (χ1n) is 8.24. The van der Waals surface area contributed by atoms with Gasteiger partial charge in [-0.2, -0.15) is 0 Å². The molecule has 0 aliphatic rings. The quantitative estimate of drug-likeness (QED) is 0.619. The number of hydrogen-bond donors (Lipinski definition) is 0. The highest BCUT2D eigenvalue weighted by Gasteiger charge is 2.24. The van der Waals surface area contributed by atoms with Crippen molar-refractivity contribution in [3.63, 3.8) is 0 Å². The Labute approximate surface area is 138 Å². The second-order valence-corrected chi connectivity index (χ2v) is 6.71. The molecule has 0 unspecified atom stereocenters. The van der Waals surface area contributed by atoms with E-state index in [1.807, 2.05) is 6.07 Å². The standard InChI is InChI=1S/C21H24N2/c1-5-21(3,4)19-15-23(18-14-10-9-11-16(18)2)20(22-19)17-12-7-6-8-13-17/h6-15H,5H2,1-4H3. The molecule has 3 rings (SSSR count). The summed E-state index contributed by atoms with van der Waals surface area (Å²) in [6.45, 7) is 8.88. The van der Waals surface area contributed by atoms with E-state index in [1.165, 1.54) is 11.3 Å². The normalized spacial score (nSPS) is 11.7. The molecule has 23 heavy (non-hydrogen) atoms. The number of aromatic nitrogens is 2. The molecule has 0 aliphatic carbocycles. The van der Waals surface area contributed by atoms with Crippen LogP contribution >= 0.6 is 0 Å². The van der Waals surface area contributed by atoms with Crippen molar-refractivity contribution in [1.82, 2.24) is 9.55 Å². The van der Waals surface area contributed by atoms with Crippen LogP contribution in [0.1, 0.15) is 38.4 Å². The lowest BCUT2D eigenvalue weighted by atomic mass is 9.87. The van der Waals surface area contributed by atoms with Crippen LogP contribution in [0.4, 0.5) is 0 Å². The molecule has 118 valence electrons. The van der Waals surface area contributed by atoms with E-state index in [4.69, 9.17) is 4.98 Å². The fourth-order valence-corrected chi connectivity index (χ4v) is 2.70. The van der Waals surface area contributed by atoms with E-state index >= 15 is 0 Å². The van der Waals surface area contributed by atoms with Crippen molar-refractivity contribution in [1.29, 1.82) is 0 Å². The van der Waals surface area contributed by atoms with E-state index in [0.29, 0.717) is 0 Å². The fourth-order valence-electron chi connectivity index (χ4n) is 2.70. The maximum absolute atomic E-state index is 5.00. The third kappa shape index (κ3) is 2.94. The zero-order valence-corrected chi connectivity index (χ0v) is 14.4. The Bertz CT molecular complexity index is 798. The zero-order chi connectivity index (χ0) is 16.4. The van der Waals surface area contributed by atoms with Gasteiger partial charge in [-0.05, 0) is 25.0 Å². The molecular formula is C21H24N2. The Morgan fingerprint density at radius 3 is 2.26 bits per heavy atom. The van der Waals surface area contributed by atoms with E-state index in [1.54, 1.807) is 0 Å². The zero-order valence-electron chi connectivity index (χ0n) is 14.4. The van der Waals surface area contributed by atoms with Crippen molar-refractivity contribution < 1.29 is 0 Å². The van der Waals surface area contributed by atoms with Crippen LogP contribution in [0.15, 0.2) is 60.8 Å². The minimum Gasteiger partial charge on any atom is -0.299 e. The lowest BCUT2D eigenvalue weighted by molar-refractivity contribution is 0.492. The van der Waals surface area contributed by atoms with Crippen LogP contribution in [0.5, 0.6) is 0 Å². The molecule has 0 radical (unpaired) electrons. The van der Waals surface area contributed by atoms with Gasteiger partial charge >= 0.3 is 0 Å². The molecule has 0 spiro atoms. The third-order valence-corrected chi connectivity index (χ3v) is 4.69. The number of aryl methyl sites for hydroxylation is 1. The van der Waals surface area contributed by atoms with Crippen molar-refractivity contribution in [2.75, 3.05) is 0 Å². The number of para-hydroxylation sites is 1. The van der Waals surface area contributed by atoms with E-state index in [0.717, 1.165) is 23.5 Å². The summed E-state index contributed by atoms with van der Waals surface area (Å²) in [5.74, 6) is 1.01. The van der Waals surface area contributed by atoms with Gasteiger partial charge in [-0.15, -0.1) is 0 Å². The second kappa shape index (κ2) is 6.04. The molecule has 3 aromatic rings. The number of benzene rings is 2. The first-order chi connectivity index (χ1) is 11.0. The summed E-state index contributed by atoms with van der Waals surface area (Å²) >= 11 is 0.